The van der Waals surface area contributed by atoms with Gasteiger partial charge in [-0.15, -0.1) is 11.3 Å². The number of amides is 1. The molecule has 1 fully saturated rings. The van der Waals surface area contributed by atoms with Crippen molar-refractivity contribution in [2.24, 2.45) is 5.92 Å². The largest absolute Gasteiger partial charge is 0.354 e. The highest BCUT2D eigenvalue weighted by molar-refractivity contribution is 7.10. The molecule has 1 unspecified atom stereocenters. The lowest BCUT2D eigenvalue weighted by Crippen LogP contribution is -2.42. The Bertz CT molecular complexity index is 1010. The lowest BCUT2D eigenvalue weighted by atomic mass is 9.97. The number of para-hydroxylation sites is 1. The molecular weight excluding hydrogens is 390 g/mol. The maximum atomic E-state index is 12.9. The number of carbonyl (C=O) groups is 1. The second-order valence-electron chi connectivity index (χ2n) is 8.55. The van der Waals surface area contributed by atoms with Crippen LogP contribution in [0.2, 0.25) is 0 Å². The summed E-state index contributed by atoms with van der Waals surface area (Å²) in [4.78, 5) is 21.5. The highest BCUT2D eigenvalue weighted by Crippen LogP contribution is 2.29. The number of piperidine rings is 1. The number of hydrogen-bond acceptors (Lipinski definition) is 4. The molecule has 3 aromatic rings. The minimum absolute atomic E-state index is 0.0743. The van der Waals surface area contributed by atoms with E-state index in [4.69, 9.17) is 4.98 Å². The molecule has 1 amide bonds. The summed E-state index contributed by atoms with van der Waals surface area (Å²) < 4.78 is 0. The molecule has 1 saturated heterocycles. The van der Waals surface area contributed by atoms with Crippen LogP contribution in [-0.4, -0.2) is 35.4 Å². The average Bonchev–Trinajstić information content (AvgIpc) is 3.27. The number of likely N-dealkylation sites (tertiary alicyclic amines) is 1. The van der Waals surface area contributed by atoms with Crippen LogP contribution in [0.1, 0.15) is 47.5 Å². The summed E-state index contributed by atoms with van der Waals surface area (Å²) >= 11 is 1.78. The molecule has 0 spiro atoms. The minimum Gasteiger partial charge on any atom is -0.354 e. The predicted molar refractivity (Wildman–Crippen MR) is 125 cm³/mol. The van der Waals surface area contributed by atoms with Gasteiger partial charge in [-0.1, -0.05) is 31.2 Å². The van der Waals surface area contributed by atoms with Crippen molar-refractivity contribution in [3.63, 3.8) is 0 Å². The van der Waals surface area contributed by atoms with Gasteiger partial charge in [-0.25, -0.2) is 0 Å². The Hall–Kier alpha value is -2.24. The number of hydrogen-bond donors (Lipinski definition) is 1. The number of thiophene rings is 1. The molecule has 30 heavy (non-hydrogen) atoms. The van der Waals surface area contributed by atoms with Crippen molar-refractivity contribution in [2.45, 2.75) is 46.1 Å². The van der Waals surface area contributed by atoms with Gasteiger partial charge < -0.3 is 5.32 Å². The van der Waals surface area contributed by atoms with E-state index in [9.17, 15) is 4.79 Å². The van der Waals surface area contributed by atoms with Gasteiger partial charge in [-0.3, -0.25) is 14.7 Å². The Labute approximate surface area is 183 Å². The maximum absolute atomic E-state index is 12.9. The topological polar surface area (TPSA) is 45.2 Å². The smallest absolute Gasteiger partial charge is 0.224 e. The molecule has 1 aliphatic rings. The summed E-state index contributed by atoms with van der Waals surface area (Å²) in [6.07, 6.45) is 2.84. The van der Waals surface area contributed by atoms with E-state index in [2.05, 4.69) is 47.6 Å². The molecule has 1 aliphatic heterocycles. The fourth-order valence-corrected chi connectivity index (χ4v) is 5.36. The first-order valence-corrected chi connectivity index (χ1v) is 11.8. The third-order valence-corrected chi connectivity index (χ3v) is 7.42. The number of aromatic nitrogens is 1. The quantitative estimate of drug-likeness (QED) is 0.606. The zero-order valence-electron chi connectivity index (χ0n) is 18.1. The standard InChI is InChI=1S/C25H31N3OS/c1-17-10-12-28(13-11-17)23(24-9-6-14-30-24)16-26-25(29)15-21-18(2)20-7-4-5-8-22(20)27-19(21)3/h4-9,14,17,23H,10-13,15-16H2,1-3H3,(H,26,29). The van der Waals surface area contributed by atoms with Gasteiger partial charge in [0.25, 0.3) is 0 Å². The van der Waals surface area contributed by atoms with Crippen molar-refractivity contribution in [3.8, 4) is 0 Å². The lowest BCUT2D eigenvalue weighted by molar-refractivity contribution is -0.120. The normalized spacial score (nSPS) is 16.6. The predicted octanol–water partition coefficient (Wildman–Crippen LogP) is 5.05. The Morgan fingerprint density at radius 1 is 1.20 bits per heavy atom. The Kier molecular flexibility index (Phi) is 6.49. The molecule has 0 aliphatic carbocycles. The zero-order chi connectivity index (χ0) is 21.1. The fourth-order valence-electron chi connectivity index (χ4n) is 4.50. The Morgan fingerprint density at radius 3 is 2.70 bits per heavy atom. The van der Waals surface area contributed by atoms with Crippen molar-refractivity contribution in [1.82, 2.24) is 15.2 Å². The third-order valence-electron chi connectivity index (χ3n) is 6.45. The first-order chi connectivity index (χ1) is 14.5. The van der Waals surface area contributed by atoms with Crippen LogP contribution < -0.4 is 5.32 Å². The fraction of sp³-hybridized carbons (Fsp3) is 0.440. The van der Waals surface area contributed by atoms with Gasteiger partial charge in [0.15, 0.2) is 0 Å². The van der Waals surface area contributed by atoms with E-state index in [1.807, 2.05) is 25.1 Å². The van der Waals surface area contributed by atoms with Crippen molar-refractivity contribution >= 4 is 28.1 Å². The first-order valence-electron chi connectivity index (χ1n) is 10.9. The molecule has 158 valence electrons. The second kappa shape index (κ2) is 9.27. The number of nitrogens with one attached hydrogen (secondary N) is 1. The number of aryl methyl sites for hydroxylation is 2. The van der Waals surface area contributed by atoms with E-state index in [-0.39, 0.29) is 11.9 Å². The van der Waals surface area contributed by atoms with Crippen molar-refractivity contribution in [3.05, 3.63) is 63.5 Å². The maximum Gasteiger partial charge on any atom is 0.224 e. The second-order valence-corrected chi connectivity index (χ2v) is 9.53. The SMILES string of the molecule is Cc1nc2ccccc2c(C)c1CC(=O)NCC(c1cccs1)N1CCC(C)CC1. The van der Waals surface area contributed by atoms with Gasteiger partial charge in [0, 0.05) is 22.5 Å². The van der Waals surface area contributed by atoms with Gasteiger partial charge in [-0.2, -0.15) is 0 Å². The van der Waals surface area contributed by atoms with Crippen LogP contribution in [0, 0.1) is 19.8 Å². The van der Waals surface area contributed by atoms with Gasteiger partial charge in [-0.05, 0) is 74.3 Å². The summed E-state index contributed by atoms with van der Waals surface area (Å²) in [5, 5.41) is 6.49. The van der Waals surface area contributed by atoms with Crippen LogP contribution in [0.4, 0.5) is 0 Å². The van der Waals surface area contributed by atoms with E-state index in [1.54, 1.807) is 11.3 Å². The van der Waals surface area contributed by atoms with Crippen LogP contribution >= 0.6 is 11.3 Å². The van der Waals surface area contributed by atoms with Crippen LogP contribution in [0.5, 0.6) is 0 Å². The van der Waals surface area contributed by atoms with Gasteiger partial charge in [0.1, 0.15) is 0 Å². The Morgan fingerprint density at radius 2 is 1.97 bits per heavy atom. The van der Waals surface area contributed by atoms with E-state index in [0.29, 0.717) is 13.0 Å². The minimum atomic E-state index is 0.0743. The molecule has 1 atom stereocenters. The van der Waals surface area contributed by atoms with E-state index in [1.165, 1.54) is 17.7 Å². The average molecular weight is 422 g/mol. The molecule has 0 radical (unpaired) electrons. The summed E-state index contributed by atoms with van der Waals surface area (Å²) in [6.45, 7) is 9.31. The molecule has 1 N–H and O–H groups in total. The monoisotopic (exact) mass is 421 g/mol. The van der Waals surface area contributed by atoms with Crippen LogP contribution in [0.15, 0.2) is 41.8 Å². The molecule has 4 rings (SSSR count). The van der Waals surface area contributed by atoms with Crippen LogP contribution in [-0.2, 0) is 11.2 Å². The number of pyridine rings is 1. The Balaban J connectivity index is 1.46. The van der Waals surface area contributed by atoms with Crippen LogP contribution in [0.3, 0.4) is 0 Å². The highest BCUT2D eigenvalue weighted by Gasteiger charge is 2.26. The van der Waals surface area contributed by atoms with Crippen molar-refractivity contribution in [2.75, 3.05) is 19.6 Å². The van der Waals surface area contributed by atoms with E-state index < -0.39 is 0 Å². The lowest BCUT2D eigenvalue weighted by Gasteiger charge is -2.36. The highest BCUT2D eigenvalue weighted by atomic mass is 32.1. The number of fused-ring (bicyclic) bond motifs is 1. The summed E-state index contributed by atoms with van der Waals surface area (Å²) in [6, 6.07) is 12.7. The number of benzene rings is 1. The van der Waals surface area contributed by atoms with E-state index in [0.717, 1.165) is 46.7 Å². The molecule has 2 aromatic heterocycles. The van der Waals surface area contributed by atoms with Gasteiger partial charge in [0.2, 0.25) is 5.91 Å². The van der Waals surface area contributed by atoms with Crippen LogP contribution in [0.25, 0.3) is 10.9 Å². The third kappa shape index (κ3) is 4.57. The molecule has 5 heteroatoms. The molecule has 4 nitrogen and oxygen atoms in total. The zero-order valence-corrected chi connectivity index (χ0v) is 19.0. The van der Waals surface area contributed by atoms with Crippen molar-refractivity contribution in [1.29, 1.82) is 0 Å². The number of rotatable bonds is 6. The number of carbonyl (C=O) groups excluding carboxylic acids is 1. The number of nitrogens with zero attached hydrogens (tertiary/aromatic N) is 2. The van der Waals surface area contributed by atoms with Crippen molar-refractivity contribution < 1.29 is 4.79 Å². The van der Waals surface area contributed by atoms with E-state index >= 15 is 0 Å². The molecule has 0 bridgehead atoms. The summed E-state index contributed by atoms with van der Waals surface area (Å²) in [5.74, 6) is 0.872. The van der Waals surface area contributed by atoms with Gasteiger partial charge in [0.05, 0.1) is 18.0 Å². The summed E-state index contributed by atoms with van der Waals surface area (Å²) in [5.41, 5.74) is 4.15. The molecular formula is C25H31N3OS. The first kappa shape index (κ1) is 21.0. The molecule has 3 heterocycles. The molecule has 0 saturated carbocycles. The molecule has 1 aromatic carbocycles. The summed E-state index contributed by atoms with van der Waals surface area (Å²) in [7, 11) is 0. The van der Waals surface area contributed by atoms with Gasteiger partial charge >= 0.3 is 0 Å².